The van der Waals surface area contributed by atoms with E-state index in [0.717, 1.165) is 22.4 Å². The molecule has 1 aliphatic rings. The highest BCUT2D eigenvalue weighted by Crippen LogP contribution is 2.33. The average Bonchev–Trinajstić information content (AvgIpc) is 3.06. The molecule has 0 bridgehead atoms. The van der Waals surface area contributed by atoms with Crippen molar-refractivity contribution in [1.29, 1.82) is 0 Å². The third-order valence-electron chi connectivity index (χ3n) is 5.82. The van der Waals surface area contributed by atoms with Crippen LogP contribution in [-0.4, -0.2) is 42.1 Å². The summed E-state index contributed by atoms with van der Waals surface area (Å²) in [7, 11) is 1.90. The van der Waals surface area contributed by atoms with Crippen molar-refractivity contribution in [3.8, 4) is 5.75 Å². The van der Waals surface area contributed by atoms with E-state index in [2.05, 4.69) is 5.32 Å². The van der Waals surface area contributed by atoms with Crippen molar-refractivity contribution in [3.63, 3.8) is 0 Å². The van der Waals surface area contributed by atoms with Crippen LogP contribution in [0.1, 0.15) is 23.6 Å². The molecule has 0 unspecified atom stereocenters. The van der Waals surface area contributed by atoms with Crippen LogP contribution in [0.5, 0.6) is 5.75 Å². The van der Waals surface area contributed by atoms with Gasteiger partial charge in [-0.2, -0.15) is 0 Å². The fourth-order valence-electron chi connectivity index (χ4n) is 4.26. The van der Waals surface area contributed by atoms with Crippen LogP contribution in [0, 0.1) is 0 Å². The molecule has 0 radical (unpaired) electrons. The number of hydrogen-bond acceptors (Lipinski definition) is 4. The van der Waals surface area contributed by atoms with Gasteiger partial charge in [-0.05, 0) is 42.8 Å². The molecular weight excluding hydrogens is 414 g/mol. The fraction of sp³-hybridized carbons (Fsp3) is 0.259. The van der Waals surface area contributed by atoms with Crippen molar-refractivity contribution in [1.82, 2.24) is 15.1 Å². The number of hydrogen-bond donors (Lipinski definition) is 1. The quantitative estimate of drug-likeness (QED) is 0.505. The smallest absolute Gasteiger partial charge is 0.326 e. The zero-order valence-electron chi connectivity index (χ0n) is 19.0. The van der Waals surface area contributed by atoms with Crippen LogP contribution >= 0.6 is 0 Å². The molecule has 3 amide bonds. The second kappa shape index (κ2) is 9.88. The summed E-state index contributed by atoms with van der Waals surface area (Å²) in [5.41, 5.74) is 1.72. The predicted octanol–water partition coefficient (Wildman–Crippen LogP) is 4.16. The Labute approximate surface area is 194 Å². The molecule has 1 N–H and O–H groups in total. The lowest BCUT2D eigenvalue weighted by Crippen LogP contribution is -2.46. The van der Waals surface area contributed by atoms with Gasteiger partial charge in [0.2, 0.25) is 0 Å². The number of benzene rings is 3. The van der Waals surface area contributed by atoms with Crippen LogP contribution < -0.4 is 10.1 Å². The standard InChI is InChI=1S/C27H29N3O3/c1-3-33-24-16-14-22(15-17-24)19-29(2)20-30-25(31)27(28-26(30)32,23-12-8-5-9-13-23)18-21-10-6-4-7-11-21/h4-17H,3,18-20H2,1-2H3,(H,28,32)/t27-/m1/s1. The lowest BCUT2D eigenvalue weighted by molar-refractivity contribution is -0.133. The Kier molecular flexibility index (Phi) is 6.75. The summed E-state index contributed by atoms with van der Waals surface area (Å²) in [4.78, 5) is 30.0. The lowest BCUT2D eigenvalue weighted by atomic mass is 9.83. The number of nitrogens with zero attached hydrogens (tertiary/aromatic N) is 2. The van der Waals surface area contributed by atoms with Crippen molar-refractivity contribution in [2.75, 3.05) is 20.3 Å². The Balaban J connectivity index is 1.53. The fourth-order valence-corrected chi connectivity index (χ4v) is 4.26. The van der Waals surface area contributed by atoms with Crippen LogP contribution in [0.2, 0.25) is 0 Å². The second-order valence-corrected chi connectivity index (χ2v) is 8.33. The van der Waals surface area contributed by atoms with E-state index in [-0.39, 0.29) is 18.6 Å². The molecule has 0 spiro atoms. The van der Waals surface area contributed by atoms with Crippen molar-refractivity contribution in [2.45, 2.75) is 25.4 Å². The summed E-state index contributed by atoms with van der Waals surface area (Å²) in [6, 6.07) is 26.7. The van der Waals surface area contributed by atoms with Crippen molar-refractivity contribution in [3.05, 3.63) is 102 Å². The van der Waals surface area contributed by atoms with Gasteiger partial charge in [-0.15, -0.1) is 0 Å². The predicted molar refractivity (Wildman–Crippen MR) is 128 cm³/mol. The van der Waals surface area contributed by atoms with Gasteiger partial charge in [0.05, 0.1) is 13.3 Å². The van der Waals surface area contributed by atoms with Crippen molar-refractivity contribution in [2.24, 2.45) is 0 Å². The molecule has 1 heterocycles. The third kappa shape index (κ3) is 4.91. The average molecular weight is 444 g/mol. The minimum atomic E-state index is -1.13. The van der Waals surface area contributed by atoms with E-state index in [1.54, 1.807) is 0 Å². The maximum Gasteiger partial charge on any atom is 0.326 e. The van der Waals surface area contributed by atoms with Gasteiger partial charge in [-0.1, -0.05) is 72.8 Å². The second-order valence-electron chi connectivity index (χ2n) is 8.33. The molecule has 3 aromatic rings. The van der Waals surface area contributed by atoms with E-state index >= 15 is 0 Å². The Morgan fingerprint density at radius 1 is 0.879 bits per heavy atom. The Hall–Kier alpha value is -3.64. The molecule has 1 aliphatic heterocycles. The number of nitrogens with one attached hydrogen (secondary N) is 1. The van der Waals surface area contributed by atoms with E-state index in [1.807, 2.05) is 104 Å². The van der Waals surface area contributed by atoms with Crippen LogP contribution in [0.3, 0.4) is 0 Å². The normalized spacial score (nSPS) is 18.0. The number of amides is 3. The first-order valence-corrected chi connectivity index (χ1v) is 11.2. The first-order chi connectivity index (χ1) is 16.0. The highest BCUT2D eigenvalue weighted by Gasteiger charge is 2.52. The summed E-state index contributed by atoms with van der Waals surface area (Å²) < 4.78 is 5.50. The first-order valence-electron chi connectivity index (χ1n) is 11.2. The molecule has 170 valence electrons. The highest BCUT2D eigenvalue weighted by molar-refractivity contribution is 6.07. The molecule has 6 nitrogen and oxygen atoms in total. The molecule has 6 heteroatoms. The maximum absolute atomic E-state index is 13.7. The number of imide groups is 1. The molecular formula is C27H29N3O3. The number of ether oxygens (including phenoxy) is 1. The summed E-state index contributed by atoms with van der Waals surface area (Å²) >= 11 is 0. The Morgan fingerprint density at radius 3 is 2.15 bits per heavy atom. The maximum atomic E-state index is 13.7. The minimum Gasteiger partial charge on any atom is -0.494 e. The van der Waals surface area contributed by atoms with Gasteiger partial charge in [-0.3, -0.25) is 9.69 Å². The van der Waals surface area contributed by atoms with E-state index < -0.39 is 5.54 Å². The molecule has 0 saturated carbocycles. The van der Waals surface area contributed by atoms with Crippen molar-refractivity contribution < 1.29 is 14.3 Å². The Morgan fingerprint density at radius 2 is 1.52 bits per heavy atom. The molecule has 33 heavy (non-hydrogen) atoms. The number of urea groups is 1. The highest BCUT2D eigenvalue weighted by atomic mass is 16.5. The molecule has 1 saturated heterocycles. The largest absolute Gasteiger partial charge is 0.494 e. The molecule has 4 rings (SSSR count). The van der Waals surface area contributed by atoms with E-state index in [9.17, 15) is 9.59 Å². The van der Waals surface area contributed by atoms with E-state index in [1.165, 1.54) is 4.90 Å². The van der Waals surface area contributed by atoms with Gasteiger partial charge >= 0.3 is 6.03 Å². The first kappa shape index (κ1) is 22.6. The van der Waals surface area contributed by atoms with E-state index in [4.69, 9.17) is 4.74 Å². The SMILES string of the molecule is CCOc1ccc(CN(C)CN2C(=O)N[C@](Cc3ccccc3)(c3ccccc3)C2=O)cc1. The molecule has 3 aromatic carbocycles. The number of rotatable bonds is 9. The summed E-state index contributed by atoms with van der Waals surface area (Å²) in [6.45, 7) is 3.37. The molecule has 0 aliphatic carbocycles. The molecule has 1 fully saturated rings. The number of carbonyl (C=O) groups is 2. The minimum absolute atomic E-state index is 0.196. The van der Waals surface area contributed by atoms with Crippen LogP contribution in [0.15, 0.2) is 84.9 Å². The van der Waals surface area contributed by atoms with Crippen molar-refractivity contribution >= 4 is 11.9 Å². The summed E-state index contributed by atoms with van der Waals surface area (Å²) in [6.07, 6.45) is 0.390. The van der Waals surface area contributed by atoms with E-state index in [0.29, 0.717) is 19.6 Å². The van der Waals surface area contributed by atoms with Gasteiger partial charge in [0.25, 0.3) is 5.91 Å². The number of carbonyl (C=O) groups excluding carboxylic acids is 2. The molecule has 0 aromatic heterocycles. The third-order valence-corrected chi connectivity index (χ3v) is 5.82. The van der Waals surface area contributed by atoms with Crippen LogP contribution in [-0.2, 0) is 23.3 Å². The van der Waals surface area contributed by atoms with Crippen LogP contribution in [0.25, 0.3) is 0 Å². The monoisotopic (exact) mass is 443 g/mol. The van der Waals surface area contributed by atoms with Gasteiger partial charge in [-0.25, -0.2) is 9.69 Å². The summed E-state index contributed by atoms with van der Waals surface area (Å²) in [5.74, 6) is 0.590. The zero-order valence-corrected chi connectivity index (χ0v) is 19.0. The Bertz CT molecular complexity index is 1090. The molecule has 1 atom stereocenters. The summed E-state index contributed by atoms with van der Waals surface area (Å²) in [5, 5.41) is 3.02. The van der Waals surface area contributed by atoms with Gasteiger partial charge in [0.15, 0.2) is 5.54 Å². The zero-order chi connectivity index (χ0) is 23.3. The van der Waals surface area contributed by atoms with Gasteiger partial charge in [0, 0.05) is 13.0 Å². The van der Waals surface area contributed by atoms with Crippen LogP contribution in [0.4, 0.5) is 4.79 Å². The lowest BCUT2D eigenvalue weighted by Gasteiger charge is -2.28. The van der Waals surface area contributed by atoms with Gasteiger partial charge in [0.1, 0.15) is 5.75 Å². The van der Waals surface area contributed by atoms with Gasteiger partial charge < -0.3 is 10.1 Å². The topological polar surface area (TPSA) is 61.9 Å².